The number of nitrogens with two attached hydrogens (primary N) is 1. The molecule has 2 N–H and O–H groups in total. The van der Waals surface area contributed by atoms with E-state index in [2.05, 4.69) is 5.10 Å². The van der Waals surface area contributed by atoms with Crippen LogP contribution in [0.4, 0.5) is 4.39 Å². The van der Waals surface area contributed by atoms with Crippen molar-refractivity contribution in [3.05, 3.63) is 46.0 Å². The minimum absolute atomic E-state index is 0.0725. The van der Waals surface area contributed by atoms with Crippen molar-refractivity contribution >= 4 is 11.6 Å². The Morgan fingerprint density at radius 2 is 2.19 bits per heavy atom. The second-order valence-corrected chi connectivity index (χ2v) is 5.57. The van der Waals surface area contributed by atoms with Gasteiger partial charge in [-0.05, 0) is 44.0 Å². The SMILES string of the molecule is Cc1nn(C)c(COc2ccc(F)cc2CC(C)N)c1Cl. The molecule has 1 unspecified atom stereocenters. The molecular formula is C15H19ClFN3O. The molecule has 0 saturated carbocycles. The van der Waals surface area contributed by atoms with Gasteiger partial charge in [0.2, 0.25) is 0 Å². The summed E-state index contributed by atoms with van der Waals surface area (Å²) in [6.45, 7) is 3.98. The first-order chi connectivity index (χ1) is 9.88. The zero-order chi connectivity index (χ0) is 15.6. The molecule has 2 rings (SSSR count). The normalized spacial score (nSPS) is 12.5. The van der Waals surface area contributed by atoms with Gasteiger partial charge in [0.1, 0.15) is 18.2 Å². The number of hydrogen-bond donors (Lipinski definition) is 1. The van der Waals surface area contributed by atoms with Crippen LogP contribution in [0.3, 0.4) is 0 Å². The molecule has 1 heterocycles. The summed E-state index contributed by atoms with van der Waals surface area (Å²) in [5.74, 6) is 0.316. The zero-order valence-electron chi connectivity index (χ0n) is 12.4. The topological polar surface area (TPSA) is 53.1 Å². The number of nitrogens with zero attached hydrogens (tertiary/aromatic N) is 2. The smallest absolute Gasteiger partial charge is 0.131 e. The van der Waals surface area contributed by atoms with Crippen molar-refractivity contribution < 1.29 is 9.13 Å². The fourth-order valence-electron chi connectivity index (χ4n) is 2.18. The fraction of sp³-hybridized carbons (Fsp3) is 0.400. The number of hydrogen-bond acceptors (Lipinski definition) is 3. The monoisotopic (exact) mass is 311 g/mol. The van der Waals surface area contributed by atoms with E-state index in [1.807, 2.05) is 20.9 Å². The molecule has 21 heavy (non-hydrogen) atoms. The van der Waals surface area contributed by atoms with E-state index in [9.17, 15) is 4.39 Å². The Morgan fingerprint density at radius 3 is 2.76 bits per heavy atom. The van der Waals surface area contributed by atoms with Crippen LogP contribution in [0.1, 0.15) is 23.9 Å². The third kappa shape index (κ3) is 3.74. The van der Waals surface area contributed by atoms with Gasteiger partial charge in [0, 0.05) is 13.1 Å². The number of aryl methyl sites for hydroxylation is 2. The highest BCUT2D eigenvalue weighted by Gasteiger charge is 2.13. The lowest BCUT2D eigenvalue weighted by Crippen LogP contribution is -2.18. The Bertz CT molecular complexity index is 640. The molecule has 1 atom stereocenters. The lowest BCUT2D eigenvalue weighted by Gasteiger charge is -2.13. The Labute approximate surface area is 128 Å². The van der Waals surface area contributed by atoms with E-state index in [1.165, 1.54) is 12.1 Å². The molecule has 2 aromatic rings. The van der Waals surface area contributed by atoms with Crippen LogP contribution in [0.25, 0.3) is 0 Å². The van der Waals surface area contributed by atoms with Crippen LogP contribution in [0.2, 0.25) is 5.02 Å². The second kappa shape index (κ2) is 6.45. The van der Waals surface area contributed by atoms with Crippen LogP contribution < -0.4 is 10.5 Å². The van der Waals surface area contributed by atoms with Gasteiger partial charge in [-0.15, -0.1) is 0 Å². The minimum Gasteiger partial charge on any atom is -0.487 e. The van der Waals surface area contributed by atoms with Crippen LogP contribution in [0, 0.1) is 12.7 Å². The number of rotatable bonds is 5. The fourth-order valence-corrected chi connectivity index (χ4v) is 2.39. The van der Waals surface area contributed by atoms with Crippen molar-refractivity contribution in [3.8, 4) is 5.75 Å². The van der Waals surface area contributed by atoms with Crippen LogP contribution in [-0.4, -0.2) is 15.8 Å². The maximum absolute atomic E-state index is 13.4. The minimum atomic E-state index is -0.299. The van der Waals surface area contributed by atoms with Gasteiger partial charge in [-0.1, -0.05) is 11.6 Å². The largest absolute Gasteiger partial charge is 0.487 e. The molecule has 0 aliphatic carbocycles. The summed E-state index contributed by atoms with van der Waals surface area (Å²) >= 11 is 6.19. The van der Waals surface area contributed by atoms with Gasteiger partial charge < -0.3 is 10.5 Å². The van der Waals surface area contributed by atoms with Gasteiger partial charge in [-0.25, -0.2) is 4.39 Å². The standard InChI is InChI=1S/C15H19ClFN3O/c1-9(18)6-11-7-12(17)4-5-14(11)21-8-13-15(16)10(2)19-20(13)3/h4-5,7,9H,6,8,18H2,1-3H3. The van der Waals surface area contributed by atoms with E-state index < -0.39 is 0 Å². The molecule has 0 spiro atoms. The quantitative estimate of drug-likeness (QED) is 0.923. The lowest BCUT2D eigenvalue weighted by atomic mass is 10.1. The van der Waals surface area contributed by atoms with E-state index in [-0.39, 0.29) is 18.5 Å². The first-order valence-electron chi connectivity index (χ1n) is 6.73. The summed E-state index contributed by atoms with van der Waals surface area (Å²) in [5.41, 5.74) is 8.08. The third-order valence-corrected chi connectivity index (χ3v) is 3.68. The molecule has 0 bridgehead atoms. The van der Waals surface area contributed by atoms with Gasteiger partial charge in [-0.3, -0.25) is 4.68 Å². The molecule has 4 nitrogen and oxygen atoms in total. The third-order valence-electron chi connectivity index (χ3n) is 3.19. The molecule has 114 valence electrons. The van der Waals surface area contributed by atoms with E-state index >= 15 is 0 Å². The van der Waals surface area contributed by atoms with Crippen molar-refractivity contribution in [1.82, 2.24) is 9.78 Å². The average molecular weight is 312 g/mol. The predicted octanol–water partition coefficient (Wildman–Crippen LogP) is 2.99. The summed E-state index contributed by atoms with van der Waals surface area (Å²) in [5, 5.41) is 4.82. The predicted molar refractivity (Wildman–Crippen MR) is 81.0 cm³/mol. The second-order valence-electron chi connectivity index (χ2n) is 5.19. The van der Waals surface area contributed by atoms with E-state index in [0.29, 0.717) is 17.2 Å². The number of benzene rings is 1. The van der Waals surface area contributed by atoms with E-state index in [4.69, 9.17) is 22.1 Å². The van der Waals surface area contributed by atoms with Crippen LogP contribution in [0.15, 0.2) is 18.2 Å². The Hall–Kier alpha value is -1.59. The highest BCUT2D eigenvalue weighted by Crippen LogP contribution is 2.25. The van der Waals surface area contributed by atoms with Crippen LogP contribution in [0.5, 0.6) is 5.75 Å². The number of aromatic nitrogens is 2. The maximum atomic E-state index is 13.4. The van der Waals surface area contributed by atoms with Crippen molar-refractivity contribution in [2.45, 2.75) is 32.9 Å². The Balaban J connectivity index is 2.19. The van der Waals surface area contributed by atoms with Crippen molar-refractivity contribution in [3.63, 3.8) is 0 Å². The van der Waals surface area contributed by atoms with Crippen molar-refractivity contribution in [1.29, 1.82) is 0 Å². The summed E-state index contributed by atoms with van der Waals surface area (Å²) in [6.07, 6.45) is 0.547. The molecular weight excluding hydrogens is 293 g/mol. The summed E-state index contributed by atoms with van der Waals surface area (Å²) in [7, 11) is 1.81. The van der Waals surface area contributed by atoms with Gasteiger partial charge >= 0.3 is 0 Å². The first-order valence-corrected chi connectivity index (χ1v) is 7.11. The number of halogens is 2. The molecule has 0 saturated heterocycles. The lowest BCUT2D eigenvalue weighted by molar-refractivity contribution is 0.291. The first kappa shape index (κ1) is 15.8. The zero-order valence-corrected chi connectivity index (χ0v) is 13.1. The summed E-state index contributed by atoms with van der Waals surface area (Å²) < 4.78 is 20.8. The van der Waals surface area contributed by atoms with Gasteiger partial charge in [0.05, 0.1) is 16.4 Å². The Morgan fingerprint density at radius 1 is 1.48 bits per heavy atom. The van der Waals surface area contributed by atoms with Gasteiger partial charge in [-0.2, -0.15) is 5.10 Å². The van der Waals surface area contributed by atoms with Crippen molar-refractivity contribution in [2.24, 2.45) is 12.8 Å². The molecule has 6 heteroatoms. The summed E-state index contributed by atoms with van der Waals surface area (Å²) in [4.78, 5) is 0. The maximum Gasteiger partial charge on any atom is 0.131 e. The average Bonchev–Trinajstić information content (AvgIpc) is 2.62. The molecule has 1 aromatic heterocycles. The van der Waals surface area contributed by atoms with Crippen LogP contribution >= 0.6 is 11.6 Å². The molecule has 1 aromatic carbocycles. The molecule has 0 amide bonds. The molecule has 0 fully saturated rings. The summed E-state index contributed by atoms with van der Waals surface area (Å²) in [6, 6.07) is 4.37. The van der Waals surface area contributed by atoms with Crippen molar-refractivity contribution in [2.75, 3.05) is 0 Å². The van der Waals surface area contributed by atoms with Gasteiger partial charge in [0.15, 0.2) is 0 Å². The molecule has 0 aliphatic heterocycles. The highest BCUT2D eigenvalue weighted by molar-refractivity contribution is 6.31. The van der Waals surface area contributed by atoms with E-state index in [0.717, 1.165) is 17.0 Å². The molecule has 0 radical (unpaired) electrons. The Kier molecular flexibility index (Phi) is 4.85. The highest BCUT2D eigenvalue weighted by atomic mass is 35.5. The molecule has 0 aliphatic rings. The number of ether oxygens (including phenoxy) is 1. The van der Waals surface area contributed by atoms with E-state index in [1.54, 1.807) is 10.7 Å². The van der Waals surface area contributed by atoms with Gasteiger partial charge in [0.25, 0.3) is 0 Å². The van der Waals surface area contributed by atoms with Crippen LogP contribution in [-0.2, 0) is 20.1 Å².